The Morgan fingerprint density at radius 3 is 2.39 bits per heavy atom. The third-order valence-corrected chi connectivity index (χ3v) is 8.56. The second-order valence-electron chi connectivity index (χ2n) is 9.57. The first kappa shape index (κ1) is 24.0. The monoisotopic (exact) mass is 476 g/mol. The molecule has 0 spiro atoms. The zero-order valence-corrected chi connectivity index (χ0v) is 20.1. The Kier molecular flexibility index (Phi) is 7.29. The second-order valence-corrected chi connectivity index (χ2v) is 11.3. The Morgan fingerprint density at radius 2 is 1.76 bits per heavy atom. The van der Waals surface area contributed by atoms with Gasteiger partial charge < -0.3 is 9.47 Å². The molecule has 180 valence electrons. The Balaban J connectivity index is 1.35. The van der Waals surface area contributed by atoms with Crippen molar-refractivity contribution in [3.05, 3.63) is 59.4 Å². The van der Waals surface area contributed by atoms with E-state index >= 15 is 0 Å². The van der Waals surface area contributed by atoms with Crippen molar-refractivity contribution in [2.45, 2.75) is 62.5 Å². The summed E-state index contributed by atoms with van der Waals surface area (Å²) in [6, 6.07) is 12.6. The Labute approximate surface area is 196 Å². The minimum atomic E-state index is -4.11. The summed E-state index contributed by atoms with van der Waals surface area (Å²) >= 11 is 0. The first-order chi connectivity index (χ1) is 15.8. The van der Waals surface area contributed by atoms with Crippen molar-refractivity contribution in [3.8, 4) is 11.5 Å². The van der Waals surface area contributed by atoms with Crippen LogP contribution in [0.25, 0.3) is 0 Å². The van der Waals surface area contributed by atoms with Crippen LogP contribution in [0.1, 0.15) is 68.4 Å². The minimum absolute atomic E-state index is 0.170. The fourth-order valence-electron chi connectivity index (χ4n) is 5.19. The van der Waals surface area contributed by atoms with Crippen LogP contribution in [0.5, 0.6) is 11.5 Å². The van der Waals surface area contributed by atoms with E-state index in [1.165, 1.54) is 6.07 Å². The molecule has 0 heterocycles. The van der Waals surface area contributed by atoms with Crippen molar-refractivity contribution in [3.63, 3.8) is 0 Å². The van der Waals surface area contributed by atoms with Crippen LogP contribution >= 0.6 is 0 Å². The number of hydrogen-bond acceptors (Lipinski definition) is 4. The number of halogens is 1. The normalized spacial score (nSPS) is 23.0. The van der Waals surface area contributed by atoms with Crippen LogP contribution in [0.2, 0.25) is 0 Å². The van der Waals surface area contributed by atoms with Gasteiger partial charge in [-0.15, -0.1) is 0 Å². The van der Waals surface area contributed by atoms with Gasteiger partial charge in [0.15, 0.2) is 0 Å². The maximum absolute atomic E-state index is 14.3. The highest BCUT2D eigenvalue weighted by Gasteiger charge is 2.40. The molecular weight excluding hydrogens is 443 g/mol. The Bertz CT molecular complexity index is 1060. The fraction of sp³-hybridized carbons (Fsp3) is 0.538. The van der Waals surface area contributed by atoms with E-state index in [1.807, 2.05) is 30.3 Å². The van der Waals surface area contributed by atoms with Crippen molar-refractivity contribution >= 4 is 10.1 Å². The molecule has 2 atom stereocenters. The average molecular weight is 477 g/mol. The van der Waals surface area contributed by atoms with Gasteiger partial charge >= 0.3 is 0 Å². The third-order valence-electron chi connectivity index (χ3n) is 7.32. The number of rotatable bonds is 9. The molecule has 0 saturated heterocycles. The molecule has 0 aliphatic heterocycles. The summed E-state index contributed by atoms with van der Waals surface area (Å²) in [4.78, 5) is 0. The molecule has 0 unspecified atom stereocenters. The van der Waals surface area contributed by atoms with Crippen molar-refractivity contribution in [2.75, 3.05) is 13.7 Å². The molecule has 2 aromatic rings. The van der Waals surface area contributed by atoms with Crippen molar-refractivity contribution < 1.29 is 26.8 Å². The maximum Gasteiger partial charge on any atom is 0.268 e. The van der Waals surface area contributed by atoms with Gasteiger partial charge in [-0.2, -0.15) is 8.42 Å². The van der Waals surface area contributed by atoms with Gasteiger partial charge in [-0.3, -0.25) is 4.55 Å². The van der Waals surface area contributed by atoms with Gasteiger partial charge in [0, 0.05) is 5.92 Å². The summed E-state index contributed by atoms with van der Waals surface area (Å²) in [6.45, 7) is 2.16. The summed E-state index contributed by atoms with van der Waals surface area (Å²) in [5.74, 6) is 1.89. The molecular formula is C26H33FO5S. The average Bonchev–Trinajstić information content (AvgIpc) is 3.63. The van der Waals surface area contributed by atoms with Gasteiger partial charge in [-0.25, -0.2) is 4.39 Å². The molecule has 4 rings (SSSR count). The van der Waals surface area contributed by atoms with Crippen LogP contribution in [0.4, 0.5) is 4.39 Å². The van der Waals surface area contributed by atoms with Crippen molar-refractivity contribution in [1.29, 1.82) is 0 Å². The summed E-state index contributed by atoms with van der Waals surface area (Å²) in [5, 5.41) is -0.840. The zero-order valence-electron chi connectivity index (χ0n) is 19.2. The van der Waals surface area contributed by atoms with E-state index in [0.717, 1.165) is 55.4 Å². The fourth-order valence-corrected chi connectivity index (χ4v) is 5.94. The Hall–Kier alpha value is -2.12. The summed E-state index contributed by atoms with van der Waals surface area (Å²) < 4.78 is 58.8. The predicted octanol–water partition coefficient (Wildman–Crippen LogP) is 5.96. The quantitative estimate of drug-likeness (QED) is 0.452. The van der Waals surface area contributed by atoms with E-state index in [4.69, 9.17) is 9.47 Å². The highest BCUT2D eigenvalue weighted by Crippen LogP contribution is 2.46. The lowest BCUT2D eigenvalue weighted by atomic mass is 9.79. The number of ether oxygens (including phenoxy) is 2. The van der Waals surface area contributed by atoms with Gasteiger partial charge in [0.1, 0.15) is 17.3 Å². The van der Waals surface area contributed by atoms with E-state index in [1.54, 1.807) is 20.1 Å². The lowest BCUT2D eigenvalue weighted by Gasteiger charge is -2.29. The van der Waals surface area contributed by atoms with Gasteiger partial charge in [0.05, 0.1) is 19.0 Å². The third kappa shape index (κ3) is 5.87. The largest absolute Gasteiger partial charge is 0.497 e. The lowest BCUT2D eigenvalue weighted by Crippen LogP contribution is -2.26. The summed E-state index contributed by atoms with van der Waals surface area (Å²) in [6.07, 6.45) is 5.71. The van der Waals surface area contributed by atoms with Gasteiger partial charge in [-0.05, 0) is 105 Å². The van der Waals surface area contributed by atoms with E-state index in [2.05, 4.69) is 0 Å². The summed E-state index contributed by atoms with van der Waals surface area (Å²) in [5.41, 5.74) is 1.64. The SMILES string of the molecule is COc1ccc(F)c(C2CCC(COc3cccc([C@H](C4CC4)[C@H](C)S(=O)(=O)O)c3)CC2)c1. The molecule has 2 aliphatic carbocycles. The van der Waals surface area contributed by atoms with E-state index in [0.29, 0.717) is 18.3 Å². The maximum atomic E-state index is 14.3. The number of methoxy groups -OCH3 is 1. The first-order valence-corrected chi connectivity index (χ1v) is 13.3. The highest BCUT2D eigenvalue weighted by atomic mass is 32.2. The van der Waals surface area contributed by atoms with Crippen molar-refractivity contribution in [2.24, 2.45) is 11.8 Å². The van der Waals surface area contributed by atoms with Crippen molar-refractivity contribution in [1.82, 2.24) is 0 Å². The van der Waals surface area contributed by atoms with Gasteiger partial charge in [0.25, 0.3) is 10.1 Å². The van der Waals surface area contributed by atoms with Gasteiger partial charge in [-0.1, -0.05) is 12.1 Å². The Morgan fingerprint density at radius 1 is 1.03 bits per heavy atom. The first-order valence-electron chi connectivity index (χ1n) is 11.8. The van der Waals surface area contributed by atoms with Crippen LogP contribution < -0.4 is 9.47 Å². The standard InChI is InChI=1S/C26H33FO5S/c1-17(33(28,29)30)26(20-10-11-20)21-4-3-5-23(14-21)32-16-18-6-8-19(9-7-18)24-15-22(31-2)12-13-25(24)27/h3-5,12-15,17-20,26H,6-11,16H2,1-2H3,(H,28,29,30)/t17-,18?,19?,26-/m0/s1. The molecule has 0 aromatic heterocycles. The predicted molar refractivity (Wildman–Crippen MR) is 126 cm³/mol. The van der Waals surface area contributed by atoms with Crippen LogP contribution in [0.15, 0.2) is 42.5 Å². The highest BCUT2D eigenvalue weighted by molar-refractivity contribution is 7.86. The molecule has 33 heavy (non-hydrogen) atoms. The molecule has 0 radical (unpaired) electrons. The molecule has 2 fully saturated rings. The number of hydrogen-bond donors (Lipinski definition) is 1. The second kappa shape index (κ2) is 10.0. The van der Waals surface area contributed by atoms with Crippen LogP contribution in [-0.4, -0.2) is 31.9 Å². The van der Waals surface area contributed by atoms with E-state index < -0.39 is 15.4 Å². The minimum Gasteiger partial charge on any atom is -0.497 e. The van der Waals surface area contributed by atoms with Gasteiger partial charge in [0.2, 0.25) is 0 Å². The molecule has 2 aromatic carbocycles. The van der Waals surface area contributed by atoms with E-state index in [-0.39, 0.29) is 23.6 Å². The molecule has 0 amide bonds. The van der Waals surface area contributed by atoms with E-state index in [9.17, 15) is 17.4 Å². The topological polar surface area (TPSA) is 72.8 Å². The lowest BCUT2D eigenvalue weighted by molar-refractivity contribution is 0.199. The molecule has 5 nitrogen and oxygen atoms in total. The number of benzene rings is 2. The molecule has 1 N–H and O–H groups in total. The van der Waals surface area contributed by atoms with Crippen LogP contribution in [0.3, 0.4) is 0 Å². The van der Waals surface area contributed by atoms with Crippen LogP contribution in [0, 0.1) is 17.7 Å². The van der Waals surface area contributed by atoms with Crippen LogP contribution in [-0.2, 0) is 10.1 Å². The summed E-state index contributed by atoms with van der Waals surface area (Å²) in [7, 11) is -2.51. The molecule has 2 saturated carbocycles. The molecule has 7 heteroatoms. The molecule has 0 bridgehead atoms. The zero-order chi connectivity index (χ0) is 23.6. The molecule has 2 aliphatic rings. The smallest absolute Gasteiger partial charge is 0.268 e.